The lowest BCUT2D eigenvalue weighted by atomic mass is 9.87. The molecule has 0 aliphatic carbocycles. The highest BCUT2D eigenvalue weighted by Gasteiger charge is 2.19. The van der Waals surface area contributed by atoms with Crippen LogP contribution in [0.25, 0.3) is 17.1 Å². The van der Waals surface area contributed by atoms with E-state index in [0.717, 1.165) is 22.6 Å². The standard InChI is InChI=1S/C28H30N6OS/c1-19-8-14-24(15-9-19)34-26(21-10-12-23(13-11-21)28(3,4)5)32-33-27(34)36-18-25(35)31-30-20(2)22-7-6-16-29-17-22/h6-17H,18H2,1-5H3,(H,31,35)/b30-20-. The number of pyridine rings is 1. The number of aryl methyl sites for hydroxylation is 1. The topological polar surface area (TPSA) is 85.1 Å². The Labute approximate surface area is 216 Å². The first-order valence-corrected chi connectivity index (χ1v) is 12.7. The molecule has 36 heavy (non-hydrogen) atoms. The number of nitrogens with one attached hydrogen (secondary N) is 1. The molecule has 2 heterocycles. The number of amides is 1. The van der Waals surface area contributed by atoms with Crippen LogP contribution in [0.1, 0.15) is 44.4 Å². The predicted octanol–water partition coefficient (Wildman–Crippen LogP) is 5.57. The van der Waals surface area contributed by atoms with Crippen molar-refractivity contribution in [1.29, 1.82) is 0 Å². The summed E-state index contributed by atoms with van der Waals surface area (Å²) in [4.78, 5) is 16.6. The third-order valence-electron chi connectivity index (χ3n) is 5.69. The van der Waals surface area contributed by atoms with Crippen molar-refractivity contribution in [2.75, 3.05) is 5.75 Å². The number of benzene rings is 2. The molecule has 4 aromatic rings. The number of carbonyl (C=O) groups excluding carboxylic acids is 1. The summed E-state index contributed by atoms with van der Waals surface area (Å²) in [6, 6.07) is 20.3. The van der Waals surface area contributed by atoms with E-state index in [9.17, 15) is 4.79 Å². The number of hydrogen-bond donors (Lipinski definition) is 1. The van der Waals surface area contributed by atoms with Crippen molar-refractivity contribution in [3.63, 3.8) is 0 Å². The van der Waals surface area contributed by atoms with Gasteiger partial charge in [0.1, 0.15) is 0 Å². The summed E-state index contributed by atoms with van der Waals surface area (Å²) >= 11 is 1.32. The fourth-order valence-corrected chi connectivity index (χ4v) is 4.29. The minimum atomic E-state index is -0.224. The molecule has 0 atom stereocenters. The monoisotopic (exact) mass is 498 g/mol. The molecule has 1 amide bonds. The SMILES string of the molecule is C/C(=N/NC(=O)CSc1nnc(-c2ccc(C(C)(C)C)cc2)n1-c1ccc(C)cc1)c1cccnc1. The molecule has 2 aromatic heterocycles. The molecular weight excluding hydrogens is 468 g/mol. The second-order valence-corrected chi connectivity index (χ2v) is 10.5. The van der Waals surface area contributed by atoms with Gasteiger partial charge in [-0.15, -0.1) is 10.2 Å². The van der Waals surface area contributed by atoms with Gasteiger partial charge in [-0.25, -0.2) is 5.43 Å². The minimum Gasteiger partial charge on any atom is -0.272 e. The van der Waals surface area contributed by atoms with Gasteiger partial charge in [-0.05, 0) is 43.0 Å². The number of carbonyl (C=O) groups is 1. The second-order valence-electron chi connectivity index (χ2n) is 9.57. The third-order valence-corrected chi connectivity index (χ3v) is 6.62. The average molecular weight is 499 g/mol. The lowest BCUT2D eigenvalue weighted by Crippen LogP contribution is -2.21. The molecule has 0 unspecified atom stereocenters. The van der Waals surface area contributed by atoms with Gasteiger partial charge < -0.3 is 0 Å². The quantitative estimate of drug-likeness (QED) is 0.205. The van der Waals surface area contributed by atoms with E-state index in [4.69, 9.17) is 0 Å². The fraction of sp³-hybridized carbons (Fsp3) is 0.250. The van der Waals surface area contributed by atoms with Gasteiger partial charge in [-0.1, -0.05) is 80.6 Å². The fourth-order valence-electron chi connectivity index (χ4n) is 3.55. The zero-order valence-corrected chi connectivity index (χ0v) is 22.0. The molecule has 0 aliphatic rings. The first kappa shape index (κ1) is 25.3. The molecule has 0 fully saturated rings. The number of hydrazone groups is 1. The van der Waals surface area contributed by atoms with E-state index < -0.39 is 0 Å². The lowest BCUT2D eigenvalue weighted by molar-refractivity contribution is -0.118. The summed E-state index contributed by atoms with van der Waals surface area (Å²) in [7, 11) is 0. The maximum absolute atomic E-state index is 12.5. The number of thioether (sulfide) groups is 1. The van der Waals surface area contributed by atoms with E-state index in [2.05, 4.69) is 89.8 Å². The summed E-state index contributed by atoms with van der Waals surface area (Å²) < 4.78 is 1.99. The smallest absolute Gasteiger partial charge is 0.250 e. The summed E-state index contributed by atoms with van der Waals surface area (Å²) in [5, 5.41) is 13.8. The van der Waals surface area contributed by atoms with Crippen molar-refractivity contribution in [3.05, 3.63) is 89.7 Å². The van der Waals surface area contributed by atoms with Crippen molar-refractivity contribution in [2.45, 2.75) is 45.2 Å². The van der Waals surface area contributed by atoms with E-state index in [1.807, 2.05) is 35.8 Å². The van der Waals surface area contributed by atoms with Crippen molar-refractivity contribution >= 4 is 23.4 Å². The molecule has 8 heteroatoms. The van der Waals surface area contributed by atoms with Crippen molar-refractivity contribution in [3.8, 4) is 17.1 Å². The molecule has 184 valence electrons. The number of rotatable bonds is 7. The van der Waals surface area contributed by atoms with Crippen LogP contribution in [0.2, 0.25) is 0 Å². The average Bonchev–Trinajstić information content (AvgIpc) is 3.30. The molecule has 0 spiro atoms. The summed E-state index contributed by atoms with van der Waals surface area (Å²) in [5.41, 5.74) is 8.54. The van der Waals surface area contributed by atoms with Crippen LogP contribution in [0.4, 0.5) is 0 Å². The van der Waals surface area contributed by atoms with E-state index in [1.165, 1.54) is 22.9 Å². The Morgan fingerprint density at radius 3 is 2.39 bits per heavy atom. The van der Waals surface area contributed by atoms with Crippen LogP contribution in [0.5, 0.6) is 0 Å². The number of aromatic nitrogens is 4. The Hall–Kier alpha value is -3.78. The highest BCUT2D eigenvalue weighted by atomic mass is 32.2. The Kier molecular flexibility index (Phi) is 7.64. The zero-order valence-electron chi connectivity index (χ0n) is 21.2. The van der Waals surface area contributed by atoms with E-state index in [-0.39, 0.29) is 17.1 Å². The van der Waals surface area contributed by atoms with Crippen LogP contribution in [0.3, 0.4) is 0 Å². The Morgan fingerprint density at radius 1 is 1.03 bits per heavy atom. The summed E-state index contributed by atoms with van der Waals surface area (Å²) in [6.07, 6.45) is 3.41. The van der Waals surface area contributed by atoms with Crippen molar-refractivity contribution in [1.82, 2.24) is 25.2 Å². The first-order chi connectivity index (χ1) is 17.2. The number of hydrogen-bond acceptors (Lipinski definition) is 6. The van der Waals surface area contributed by atoms with Crippen LogP contribution in [-0.4, -0.2) is 37.1 Å². The van der Waals surface area contributed by atoms with Gasteiger partial charge in [0, 0.05) is 29.2 Å². The van der Waals surface area contributed by atoms with E-state index >= 15 is 0 Å². The van der Waals surface area contributed by atoms with Crippen molar-refractivity contribution in [2.24, 2.45) is 5.10 Å². The molecule has 2 aromatic carbocycles. The molecule has 0 radical (unpaired) electrons. The van der Waals surface area contributed by atoms with Gasteiger partial charge in [0.2, 0.25) is 0 Å². The Bertz CT molecular complexity index is 1350. The van der Waals surface area contributed by atoms with E-state index in [1.54, 1.807) is 12.4 Å². The van der Waals surface area contributed by atoms with Crippen LogP contribution in [-0.2, 0) is 10.2 Å². The van der Waals surface area contributed by atoms with Crippen LogP contribution in [0, 0.1) is 6.92 Å². The Morgan fingerprint density at radius 2 is 1.75 bits per heavy atom. The molecule has 4 rings (SSSR count). The Balaban J connectivity index is 1.56. The van der Waals surface area contributed by atoms with Gasteiger partial charge in [0.05, 0.1) is 11.5 Å². The predicted molar refractivity (Wildman–Crippen MR) is 146 cm³/mol. The molecule has 0 aliphatic heterocycles. The summed E-state index contributed by atoms with van der Waals surface area (Å²) in [6.45, 7) is 10.5. The van der Waals surface area contributed by atoms with Gasteiger partial charge in [0.15, 0.2) is 11.0 Å². The summed E-state index contributed by atoms with van der Waals surface area (Å²) in [5.74, 6) is 0.655. The maximum atomic E-state index is 12.5. The van der Waals surface area contributed by atoms with Crippen LogP contribution >= 0.6 is 11.8 Å². The van der Waals surface area contributed by atoms with E-state index in [0.29, 0.717) is 10.9 Å². The molecule has 0 bridgehead atoms. The van der Waals surface area contributed by atoms with Crippen LogP contribution < -0.4 is 5.43 Å². The first-order valence-electron chi connectivity index (χ1n) is 11.7. The third kappa shape index (κ3) is 6.07. The normalized spacial score (nSPS) is 12.0. The van der Waals surface area contributed by atoms with Gasteiger partial charge in [-0.2, -0.15) is 5.10 Å². The highest BCUT2D eigenvalue weighted by molar-refractivity contribution is 7.99. The van der Waals surface area contributed by atoms with Crippen LogP contribution in [0.15, 0.2) is 83.3 Å². The maximum Gasteiger partial charge on any atom is 0.250 e. The zero-order chi connectivity index (χ0) is 25.7. The van der Waals surface area contributed by atoms with Crippen molar-refractivity contribution < 1.29 is 4.79 Å². The molecule has 0 saturated carbocycles. The lowest BCUT2D eigenvalue weighted by Gasteiger charge is -2.19. The minimum absolute atomic E-state index is 0.0649. The highest BCUT2D eigenvalue weighted by Crippen LogP contribution is 2.30. The molecule has 0 saturated heterocycles. The molecule has 1 N–H and O–H groups in total. The van der Waals surface area contributed by atoms with Gasteiger partial charge in [-0.3, -0.25) is 14.3 Å². The largest absolute Gasteiger partial charge is 0.272 e. The van der Waals surface area contributed by atoms with Gasteiger partial charge >= 0.3 is 0 Å². The second kappa shape index (κ2) is 10.9. The molecular formula is C28H30N6OS. The van der Waals surface area contributed by atoms with Gasteiger partial charge in [0.25, 0.3) is 5.91 Å². The number of nitrogens with zero attached hydrogens (tertiary/aromatic N) is 5. The molecule has 7 nitrogen and oxygen atoms in total.